The van der Waals surface area contributed by atoms with Crippen molar-refractivity contribution in [3.05, 3.63) is 47.1 Å². The Balaban J connectivity index is 2.26. The van der Waals surface area contributed by atoms with Crippen LogP contribution >= 0.6 is 0 Å². The summed E-state index contributed by atoms with van der Waals surface area (Å²) in [4.78, 5) is 12.3. The number of cyclic esters (lactones) is 1. The quantitative estimate of drug-likeness (QED) is 0.521. The average Bonchev–Trinajstić information content (AvgIpc) is 2.52. The monoisotopic (exact) mass is 300 g/mol. The van der Waals surface area contributed by atoms with Crippen LogP contribution in [0.2, 0.25) is 0 Å². The molecule has 1 fully saturated rings. The van der Waals surface area contributed by atoms with Crippen LogP contribution in [0, 0.1) is 11.8 Å². The molecule has 0 spiro atoms. The van der Waals surface area contributed by atoms with E-state index in [1.165, 1.54) is 16.7 Å². The molecule has 0 saturated carbocycles. The van der Waals surface area contributed by atoms with Crippen LogP contribution in [0.15, 0.2) is 47.1 Å². The smallest absolute Gasteiger partial charge is 0.313 e. The van der Waals surface area contributed by atoms with Crippen molar-refractivity contribution in [1.29, 1.82) is 0 Å². The van der Waals surface area contributed by atoms with Gasteiger partial charge in [-0.2, -0.15) is 0 Å². The summed E-state index contributed by atoms with van der Waals surface area (Å²) in [5.74, 6) is 0.0423. The largest absolute Gasteiger partial charge is 0.461 e. The van der Waals surface area contributed by atoms with E-state index in [0.29, 0.717) is 6.61 Å². The van der Waals surface area contributed by atoms with E-state index >= 15 is 0 Å². The van der Waals surface area contributed by atoms with Crippen molar-refractivity contribution in [3.8, 4) is 0 Å². The first-order chi connectivity index (χ1) is 10.5. The first kappa shape index (κ1) is 16.8. The van der Waals surface area contributed by atoms with E-state index in [-0.39, 0.29) is 17.8 Å². The van der Waals surface area contributed by atoms with Crippen LogP contribution < -0.4 is 0 Å². The molecule has 0 amide bonds. The Morgan fingerprint density at radius 2 is 2.18 bits per heavy atom. The molecule has 0 aromatic heterocycles. The molecule has 0 aromatic carbocycles. The van der Waals surface area contributed by atoms with Gasteiger partial charge in [0.25, 0.3) is 0 Å². The van der Waals surface area contributed by atoms with Crippen molar-refractivity contribution in [2.24, 2.45) is 11.8 Å². The average molecular weight is 300 g/mol. The first-order valence-electron chi connectivity index (χ1n) is 8.31. The van der Waals surface area contributed by atoms with Gasteiger partial charge >= 0.3 is 5.97 Å². The first-order valence-corrected chi connectivity index (χ1v) is 8.31. The van der Waals surface area contributed by atoms with Gasteiger partial charge in [-0.1, -0.05) is 41.5 Å². The highest BCUT2D eigenvalue weighted by Crippen LogP contribution is 2.39. The number of carbonyl (C=O) groups is 1. The molecule has 0 aromatic rings. The van der Waals surface area contributed by atoms with Gasteiger partial charge in [0.15, 0.2) is 0 Å². The summed E-state index contributed by atoms with van der Waals surface area (Å²) in [7, 11) is 0. The standard InChI is InChI=1S/C20H28O2/c1-14(2)7-5-10-17-13-22-20(21)19-16(4)9-6-8-15(3)11-12-18(17)19/h7-8,10,18-19H,4-6,9,11-13H2,1-3H3/b15-8+,17-10-/t18-,19+/m1/s1. The third-order valence-corrected chi connectivity index (χ3v) is 4.67. The molecule has 1 heterocycles. The van der Waals surface area contributed by atoms with E-state index in [1.54, 1.807) is 0 Å². The van der Waals surface area contributed by atoms with Crippen molar-refractivity contribution in [2.75, 3.05) is 6.61 Å². The van der Waals surface area contributed by atoms with Crippen LogP contribution in [0.25, 0.3) is 0 Å². The van der Waals surface area contributed by atoms with E-state index in [2.05, 4.69) is 45.6 Å². The Labute approximate surface area is 134 Å². The molecule has 2 rings (SSSR count). The molecule has 120 valence electrons. The van der Waals surface area contributed by atoms with Gasteiger partial charge < -0.3 is 4.74 Å². The van der Waals surface area contributed by atoms with Gasteiger partial charge in [-0.05, 0) is 58.4 Å². The van der Waals surface area contributed by atoms with E-state index in [4.69, 9.17) is 4.74 Å². The molecule has 0 N–H and O–H groups in total. The molecule has 1 saturated heterocycles. The summed E-state index contributed by atoms with van der Waals surface area (Å²) >= 11 is 0. The van der Waals surface area contributed by atoms with E-state index in [1.807, 2.05) is 0 Å². The summed E-state index contributed by atoms with van der Waals surface area (Å²) in [6, 6.07) is 0. The molecule has 22 heavy (non-hydrogen) atoms. The van der Waals surface area contributed by atoms with Crippen LogP contribution in [0.1, 0.15) is 52.9 Å². The number of allylic oxidation sites excluding steroid dienone is 5. The minimum Gasteiger partial charge on any atom is -0.461 e. The van der Waals surface area contributed by atoms with E-state index in [9.17, 15) is 4.79 Å². The second-order valence-electron chi connectivity index (χ2n) is 6.77. The van der Waals surface area contributed by atoms with Gasteiger partial charge in [0, 0.05) is 5.92 Å². The predicted molar refractivity (Wildman–Crippen MR) is 91.4 cm³/mol. The maximum atomic E-state index is 12.3. The second kappa shape index (κ2) is 7.62. The summed E-state index contributed by atoms with van der Waals surface area (Å²) < 4.78 is 5.45. The second-order valence-corrected chi connectivity index (χ2v) is 6.77. The number of carbonyl (C=O) groups excluding carboxylic acids is 1. The Morgan fingerprint density at radius 3 is 2.91 bits per heavy atom. The Bertz CT molecular complexity index is 530. The number of fused-ring (bicyclic) bond motifs is 1. The van der Waals surface area contributed by atoms with Crippen LogP contribution in [0.4, 0.5) is 0 Å². The van der Waals surface area contributed by atoms with Crippen molar-refractivity contribution in [2.45, 2.75) is 52.9 Å². The number of hydrogen-bond acceptors (Lipinski definition) is 2. The summed E-state index contributed by atoms with van der Waals surface area (Å²) in [5, 5.41) is 0. The van der Waals surface area contributed by atoms with Gasteiger partial charge in [-0.3, -0.25) is 4.79 Å². The summed E-state index contributed by atoms with van der Waals surface area (Å²) in [6.45, 7) is 11.1. The van der Waals surface area contributed by atoms with Gasteiger partial charge in [-0.25, -0.2) is 0 Å². The molecule has 0 unspecified atom stereocenters. The summed E-state index contributed by atoms with van der Waals surface area (Å²) in [6.07, 6.45) is 11.6. The van der Waals surface area contributed by atoms with Gasteiger partial charge in [0.05, 0.1) is 5.92 Å². The maximum absolute atomic E-state index is 12.3. The normalized spacial score (nSPS) is 30.3. The molecule has 2 nitrogen and oxygen atoms in total. The number of esters is 1. The van der Waals surface area contributed by atoms with Crippen LogP contribution in [0.3, 0.4) is 0 Å². The van der Waals surface area contributed by atoms with E-state index < -0.39 is 0 Å². The predicted octanol–water partition coefficient (Wildman–Crippen LogP) is 5.13. The molecule has 2 heteroatoms. The zero-order valence-corrected chi connectivity index (χ0v) is 14.2. The minimum atomic E-state index is -0.147. The van der Waals surface area contributed by atoms with Gasteiger partial charge in [0.2, 0.25) is 0 Å². The Hall–Kier alpha value is -1.57. The lowest BCUT2D eigenvalue weighted by atomic mass is 9.76. The van der Waals surface area contributed by atoms with Crippen molar-refractivity contribution in [1.82, 2.24) is 0 Å². The number of rotatable bonds is 2. The lowest BCUT2D eigenvalue weighted by Crippen LogP contribution is -2.35. The minimum absolute atomic E-state index is 0.0751. The lowest BCUT2D eigenvalue weighted by Gasteiger charge is -2.33. The molecule has 2 aliphatic rings. The highest BCUT2D eigenvalue weighted by molar-refractivity contribution is 5.78. The highest BCUT2D eigenvalue weighted by Gasteiger charge is 2.38. The molecule has 1 aliphatic heterocycles. The molecule has 0 bridgehead atoms. The summed E-state index contributed by atoms with van der Waals surface area (Å²) in [5.41, 5.74) is 5.06. The van der Waals surface area contributed by atoms with Gasteiger partial charge in [-0.15, -0.1) is 0 Å². The zero-order chi connectivity index (χ0) is 16.1. The molecule has 2 atom stereocenters. The Morgan fingerprint density at radius 1 is 1.41 bits per heavy atom. The third kappa shape index (κ3) is 4.22. The third-order valence-electron chi connectivity index (χ3n) is 4.67. The van der Waals surface area contributed by atoms with Crippen LogP contribution in [-0.2, 0) is 9.53 Å². The number of ether oxygens (including phenoxy) is 1. The SMILES string of the molecule is C=C1CC/C=C(\C)CC[C@@H]2/C(=C\CC=C(C)C)COC(=O)[C@@H]12. The van der Waals surface area contributed by atoms with Crippen molar-refractivity contribution in [3.63, 3.8) is 0 Å². The molecular weight excluding hydrogens is 272 g/mol. The highest BCUT2D eigenvalue weighted by atomic mass is 16.5. The Kier molecular flexibility index (Phi) is 5.82. The topological polar surface area (TPSA) is 26.3 Å². The fourth-order valence-electron chi connectivity index (χ4n) is 3.33. The van der Waals surface area contributed by atoms with Crippen LogP contribution in [0.5, 0.6) is 0 Å². The molecule has 1 aliphatic carbocycles. The van der Waals surface area contributed by atoms with Crippen molar-refractivity contribution < 1.29 is 9.53 Å². The maximum Gasteiger partial charge on any atom is 0.313 e. The van der Waals surface area contributed by atoms with Gasteiger partial charge in [0.1, 0.15) is 6.61 Å². The molecule has 0 radical (unpaired) electrons. The molecular formula is C20H28O2. The fourth-order valence-corrected chi connectivity index (χ4v) is 3.33. The number of hydrogen-bond donors (Lipinski definition) is 0. The lowest BCUT2D eigenvalue weighted by molar-refractivity contribution is -0.151. The zero-order valence-electron chi connectivity index (χ0n) is 14.2. The van der Waals surface area contributed by atoms with E-state index in [0.717, 1.165) is 37.7 Å². The van der Waals surface area contributed by atoms with Crippen molar-refractivity contribution >= 4 is 5.97 Å². The fraction of sp³-hybridized carbons (Fsp3) is 0.550. The van der Waals surface area contributed by atoms with Crippen LogP contribution in [-0.4, -0.2) is 12.6 Å².